The molecule has 3 rings (SSSR count). The molecule has 8 heteroatoms. The average molecular weight is 383 g/mol. The van der Waals surface area contributed by atoms with Crippen LogP contribution in [0, 0.1) is 27.7 Å². The lowest BCUT2D eigenvalue weighted by molar-refractivity contribution is 0.250. The van der Waals surface area contributed by atoms with E-state index >= 15 is 0 Å². The van der Waals surface area contributed by atoms with Gasteiger partial charge >= 0.3 is 11.7 Å². The Bertz CT molecular complexity index is 1110. The molecule has 2 heterocycles. The Labute approximate surface area is 162 Å². The lowest BCUT2D eigenvalue weighted by Crippen LogP contribution is -2.34. The quantitative estimate of drug-likeness (QED) is 0.549. The van der Waals surface area contributed by atoms with Crippen LogP contribution in [0.15, 0.2) is 17.1 Å². The van der Waals surface area contributed by atoms with Gasteiger partial charge < -0.3 is 20.4 Å². The molecule has 28 heavy (non-hydrogen) atoms. The van der Waals surface area contributed by atoms with Crippen molar-refractivity contribution in [1.29, 1.82) is 0 Å². The Kier molecular flexibility index (Phi) is 5.13. The molecule has 0 unspecified atom stereocenters. The number of aromatic nitrogens is 3. The smallest absolute Gasteiger partial charge is 0.325 e. The van der Waals surface area contributed by atoms with Crippen molar-refractivity contribution in [3.63, 3.8) is 0 Å². The van der Waals surface area contributed by atoms with Crippen LogP contribution in [0.1, 0.15) is 36.1 Å². The number of nitrogens with one attached hydrogen (secondary N) is 4. The van der Waals surface area contributed by atoms with Gasteiger partial charge in [-0.2, -0.15) is 0 Å². The minimum absolute atomic E-state index is 0.0263. The van der Waals surface area contributed by atoms with Crippen molar-refractivity contribution in [2.24, 2.45) is 0 Å². The van der Waals surface area contributed by atoms with Gasteiger partial charge in [-0.25, -0.2) is 14.6 Å². The highest BCUT2D eigenvalue weighted by molar-refractivity contribution is 5.92. The number of carbonyl (C=O) groups is 1. The van der Waals surface area contributed by atoms with Crippen LogP contribution < -0.4 is 21.1 Å². The van der Waals surface area contributed by atoms with Crippen LogP contribution in [0.3, 0.4) is 0 Å². The number of carbonyl (C=O) groups excluding carboxylic acids is 1. The van der Waals surface area contributed by atoms with Gasteiger partial charge in [0.2, 0.25) is 0 Å². The van der Waals surface area contributed by atoms with Gasteiger partial charge in [0.1, 0.15) is 11.3 Å². The maximum absolute atomic E-state index is 12.3. The molecule has 2 aromatic heterocycles. The number of imidazole rings is 1. The number of hydrogen-bond donors (Lipinski definition) is 4. The van der Waals surface area contributed by atoms with E-state index in [-0.39, 0.29) is 17.8 Å². The first-order valence-corrected chi connectivity index (χ1v) is 9.11. The first-order chi connectivity index (χ1) is 13.2. The van der Waals surface area contributed by atoms with Crippen molar-refractivity contribution in [3.8, 4) is 11.5 Å². The van der Waals surface area contributed by atoms with E-state index in [4.69, 9.17) is 4.74 Å². The standard InChI is InChI=1S/C20H25N5O3/c1-9(2)22-19(26)23-15-11(4)10(3)12(5)17(13(15)6)28-14-7-8-21-18-16(14)24-20(27)25-18/h7-9H,1-6H3,(H2,22,23,26)(H2,21,24,25,27). The molecular weight excluding hydrogens is 358 g/mol. The molecule has 0 saturated carbocycles. The highest BCUT2D eigenvalue weighted by Gasteiger charge is 2.19. The number of hydrogen-bond acceptors (Lipinski definition) is 4. The van der Waals surface area contributed by atoms with Gasteiger partial charge in [0.25, 0.3) is 0 Å². The van der Waals surface area contributed by atoms with Gasteiger partial charge in [0.05, 0.1) is 5.69 Å². The molecule has 0 saturated heterocycles. The van der Waals surface area contributed by atoms with E-state index in [1.165, 1.54) is 0 Å². The average Bonchev–Trinajstić information content (AvgIpc) is 3.01. The number of aromatic amines is 2. The third-order valence-electron chi connectivity index (χ3n) is 4.81. The van der Waals surface area contributed by atoms with Crippen LogP contribution in [0.2, 0.25) is 0 Å². The monoisotopic (exact) mass is 383 g/mol. The number of rotatable bonds is 4. The number of anilines is 1. The van der Waals surface area contributed by atoms with Crippen molar-refractivity contribution in [2.75, 3.05) is 5.32 Å². The SMILES string of the molecule is Cc1c(C)c(NC(=O)NC(C)C)c(C)c(Oc2ccnc3[nH]c(=O)[nH]c23)c1C. The summed E-state index contributed by atoms with van der Waals surface area (Å²) in [5.74, 6) is 1.12. The van der Waals surface area contributed by atoms with Crippen LogP contribution in [-0.4, -0.2) is 27.0 Å². The maximum atomic E-state index is 12.3. The second-order valence-electron chi connectivity index (χ2n) is 7.17. The summed E-state index contributed by atoms with van der Waals surface area (Å²) in [5, 5.41) is 5.77. The maximum Gasteiger partial charge on any atom is 0.325 e. The Morgan fingerprint density at radius 3 is 2.46 bits per heavy atom. The van der Waals surface area contributed by atoms with Crippen molar-refractivity contribution in [1.82, 2.24) is 20.3 Å². The number of nitrogens with zero attached hydrogens (tertiary/aromatic N) is 1. The zero-order chi connectivity index (χ0) is 20.6. The first-order valence-electron chi connectivity index (χ1n) is 9.11. The molecule has 0 spiro atoms. The van der Waals surface area contributed by atoms with E-state index in [0.29, 0.717) is 28.4 Å². The van der Waals surface area contributed by atoms with Crippen LogP contribution in [0.4, 0.5) is 10.5 Å². The molecule has 8 nitrogen and oxygen atoms in total. The van der Waals surface area contributed by atoms with Crippen LogP contribution in [0.5, 0.6) is 11.5 Å². The minimum Gasteiger partial charge on any atom is -0.454 e. The van der Waals surface area contributed by atoms with Crippen molar-refractivity contribution >= 4 is 22.9 Å². The number of H-pyrrole nitrogens is 2. The van der Waals surface area contributed by atoms with Gasteiger partial charge in [0, 0.05) is 23.9 Å². The van der Waals surface area contributed by atoms with Crippen LogP contribution in [0.25, 0.3) is 11.2 Å². The third kappa shape index (κ3) is 3.58. The van der Waals surface area contributed by atoms with Crippen molar-refractivity contribution in [3.05, 3.63) is 45.0 Å². The van der Waals surface area contributed by atoms with E-state index in [1.54, 1.807) is 12.3 Å². The highest BCUT2D eigenvalue weighted by Crippen LogP contribution is 2.39. The largest absolute Gasteiger partial charge is 0.454 e. The Morgan fingerprint density at radius 1 is 1.07 bits per heavy atom. The molecule has 1 aromatic carbocycles. The molecule has 3 aromatic rings. The summed E-state index contributed by atoms with van der Waals surface area (Å²) < 4.78 is 6.20. The zero-order valence-electron chi connectivity index (χ0n) is 16.9. The highest BCUT2D eigenvalue weighted by atomic mass is 16.5. The van der Waals surface area contributed by atoms with Crippen LogP contribution in [-0.2, 0) is 0 Å². The molecule has 4 N–H and O–H groups in total. The fourth-order valence-corrected chi connectivity index (χ4v) is 3.17. The molecule has 0 aliphatic carbocycles. The summed E-state index contributed by atoms with van der Waals surface area (Å²) in [4.78, 5) is 33.3. The molecule has 0 radical (unpaired) electrons. The molecule has 148 valence electrons. The second kappa shape index (κ2) is 7.38. The predicted octanol–water partition coefficient (Wildman–Crippen LogP) is 3.81. The molecule has 2 amide bonds. The lowest BCUT2D eigenvalue weighted by atomic mass is 9.97. The molecule has 0 atom stereocenters. The summed E-state index contributed by atoms with van der Waals surface area (Å²) in [6.07, 6.45) is 1.57. The molecule has 0 fully saturated rings. The first kappa shape index (κ1) is 19.5. The molecule has 0 aliphatic rings. The van der Waals surface area contributed by atoms with Crippen molar-refractivity contribution in [2.45, 2.75) is 47.6 Å². The topological polar surface area (TPSA) is 112 Å². The summed E-state index contributed by atoms with van der Waals surface area (Å²) in [5.41, 5.74) is 5.07. The normalized spacial score (nSPS) is 11.1. The number of fused-ring (bicyclic) bond motifs is 1. The number of amides is 2. The van der Waals surface area contributed by atoms with Crippen LogP contribution >= 0.6 is 0 Å². The van der Waals surface area contributed by atoms with E-state index < -0.39 is 0 Å². The summed E-state index contributed by atoms with van der Waals surface area (Å²) in [6, 6.07) is 1.45. The van der Waals surface area contributed by atoms with E-state index in [2.05, 4.69) is 25.6 Å². The second-order valence-corrected chi connectivity index (χ2v) is 7.17. The fraction of sp³-hybridized carbons (Fsp3) is 0.350. The number of ether oxygens (including phenoxy) is 1. The van der Waals surface area contributed by atoms with Gasteiger partial charge in [-0.15, -0.1) is 0 Å². The van der Waals surface area contributed by atoms with E-state index in [0.717, 1.165) is 22.3 Å². The van der Waals surface area contributed by atoms with E-state index in [1.807, 2.05) is 41.5 Å². The van der Waals surface area contributed by atoms with E-state index in [9.17, 15) is 9.59 Å². The third-order valence-corrected chi connectivity index (χ3v) is 4.81. The number of pyridine rings is 1. The minimum atomic E-state index is -0.347. The van der Waals surface area contributed by atoms with Crippen molar-refractivity contribution < 1.29 is 9.53 Å². The van der Waals surface area contributed by atoms with Gasteiger partial charge in [-0.1, -0.05) is 0 Å². The number of benzene rings is 1. The Balaban J connectivity index is 2.07. The molecule has 0 aliphatic heterocycles. The van der Waals surface area contributed by atoms with Gasteiger partial charge in [-0.05, 0) is 58.2 Å². The summed E-state index contributed by atoms with van der Waals surface area (Å²) in [7, 11) is 0. The zero-order valence-corrected chi connectivity index (χ0v) is 16.9. The molecular formula is C20H25N5O3. The summed E-state index contributed by atoms with van der Waals surface area (Å²) >= 11 is 0. The molecule has 0 bridgehead atoms. The lowest BCUT2D eigenvalue weighted by Gasteiger charge is -2.21. The Hall–Kier alpha value is -3.29. The van der Waals surface area contributed by atoms with Gasteiger partial charge in [0.15, 0.2) is 11.4 Å². The number of urea groups is 1. The predicted molar refractivity (Wildman–Crippen MR) is 109 cm³/mol. The van der Waals surface area contributed by atoms with Gasteiger partial charge in [-0.3, -0.25) is 4.98 Å². The fourth-order valence-electron chi connectivity index (χ4n) is 3.17. The summed E-state index contributed by atoms with van der Waals surface area (Å²) in [6.45, 7) is 11.6. The Morgan fingerprint density at radius 2 is 1.79 bits per heavy atom.